The van der Waals surface area contributed by atoms with Gasteiger partial charge in [0.15, 0.2) is 0 Å². The Balaban J connectivity index is 0.853. The van der Waals surface area contributed by atoms with Crippen molar-refractivity contribution in [1.29, 1.82) is 0 Å². The van der Waals surface area contributed by atoms with Gasteiger partial charge in [-0.25, -0.2) is 0 Å². The number of halogens is 2. The van der Waals surface area contributed by atoms with Crippen molar-refractivity contribution < 1.29 is 66.3 Å². The second kappa shape index (κ2) is 25.1. The minimum Gasteiger partial charge on any atom is -0.370 e. The largest absolute Gasteiger partial charge is 0.399 e. The van der Waals surface area contributed by atoms with Crippen LogP contribution < -0.4 is 27.0 Å². The van der Waals surface area contributed by atoms with Gasteiger partial charge in [-0.15, -0.1) is 0 Å². The zero-order valence-corrected chi connectivity index (χ0v) is 47.0. The maximum Gasteiger partial charge on any atom is 0.399 e. The van der Waals surface area contributed by atoms with Crippen LogP contribution in [0.25, 0.3) is 10.9 Å². The molecule has 4 aromatic carbocycles. The van der Waals surface area contributed by atoms with E-state index >= 15 is 4.79 Å². The predicted octanol–water partition coefficient (Wildman–Crippen LogP) is 3.84. The number of H-pyrrole nitrogens is 1. The van der Waals surface area contributed by atoms with E-state index in [0.29, 0.717) is 36.1 Å². The number of carbonyl (C=O) groups is 9. The molecule has 4 aliphatic rings. The summed E-state index contributed by atoms with van der Waals surface area (Å²) in [4.78, 5) is 148. The van der Waals surface area contributed by atoms with Crippen LogP contribution >= 0.6 is 7.60 Å². The number of amides is 9. The minimum atomic E-state index is -5.95. The molecule has 6 aromatic rings. The molecule has 9 N–H and O–H groups in total. The van der Waals surface area contributed by atoms with E-state index in [2.05, 4.69) is 43.2 Å². The number of alkyl halides is 2. The van der Waals surface area contributed by atoms with E-state index in [-0.39, 0.29) is 92.0 Å². The lowest BCUT2D eigenvalue weighted by Gasteiger charge is -2.38. The molecular weight excluding hydrogens is 1140 g/mol. The number of benzene rings is 4. The number of nitrogens with one attached hydrogen (secondary N) is 5. The van der Waals surface area contributed by atoms with Crippen molar-refractivity contribution in [1.82, 2.24) is 50.7 Å². The fourth-order valence-corrected chi connectivity index (χ4v) is 11.9. The Labute approximate surface area is 490 Å². The highest BCUT2D eigenvalue weighted by Crippen LogP contribution is 2.59. The third kappa shape index (κ3) is 12.8. The van der Waals surface area contributed by atoms with Crippen LogP contribution in [0.1, 0.15) is 123 Å². The maximum absolute atomic E-state index is 15.1. The van der Waals surface area contributed by atoms with Crippen LogP contribution in [0.2, 0.25) is 0 Å². The molecule has 4 aliphatic heterocycles. The summed E-state index contributed by atoms with van der Waals surface area (Å²) < 4.78 is 42.8. The van der Waals surface area contributed by atoms with Crippen molar-refractivity contribution in [3.05, 3.63) is 160 Å². The number of imide groups is 1. The van der Waals surface area contributed by atoms with Crippen molar-refractivity contribution in [3.8, 4) is 11.8 Å². The average molecular weight is 1200 g/mol. The van der Waals surface area contributed by atoms with E-state index < -0.39 is 103 Å². The van der Waals surface area contributed by atoms with Crippen molar-refractivity contribution in [2.75, 3.05) is 13.1 Å². The molecule has 0 radical (unpaired) electrons. The van der Waals surface area contributed by atoms with Gasteiger partial charge in [-0.05, 0) is 85.5 Å². The Morgan fingerprint density at radius 1 is 0.884 bits per heavy atom. The fourth-order valence-electron chi connectivity index (χ4n) is 11.5. The molecule has 23 nitrogen and oxygen atoms in total. The molecule has 26 heteroatoms. The van der Waals surface area contributed by atoms with Gasteiger partial charge < -0.3 is 51.2 Å². The number of aromatic nitrogens is 3. The van der Waals surface area contributed by atoms with Gasteiger partial charge in [-0.1, -0.05) is 84.6 Å². The monoisotopic (exact) mass is 1200 g/mol. The Morgan fingerprint density at radius 2 is 1.62 bits per heavy atom. The van der Waals surface area contributed by atoms with Crippen LogP contribution in [0, 0.1) is 11.8 Å². The summed E-state index contributed by atoms with van der Waals surface area (Å²) in [6.07, 6.45) is 4.24. The summed E-state index contributed by atoms with van der Waals surface area (Å²) in [6, 6.07) is 21.1. The van der Waals surface area contributed by atoms with E-state index in [1.54, 1.807) is 22.9 Å². The first-order valence-electron chi connectivity index (χ1n) is 27.9. The highest BCUT2D eigenvalue weighted by Gasteiger charge is 2.51. The number of fused-ring (bicyclic) bond motifs is 3. The third-order valence-corrected chi connectivity index (χ3v) is 16.9. The smallest absolute Gasteiger partial charge is 0.370 e. The molecule has 446 valence electrons. The molecule has 0 aliphatic carbocycles. The lowest BCUT2D eigenvalue weighted by molar-refractivity contribution is -0.143. The quantitative estimate of drug-likeness (QED) is 0.0263. The molecule has 0 saturated carbocycles. The highest BCUT2D eigenvalue weighted by atomic mass is 31.2. The Kier molecular flexibility index (Phi) is 17.4. The summed E-state index contributed by atoms with van der Waals surface area (Å²) >= 11 is 0. The van der Waals surface area contributed by atoms with E-state index in [1.807, 2.05) is 60.7 Å². The van der Waals surface area contributed by atoms with Crippen molar-refractivity contribution in [2.45, 2.75) is 113 Å². The predicted molar refractivity (Wildman–Crippen MR) is 304 cm³/mol. The molecule has 0 bridgehead atoms. The van der Waals surface area contributed by atoms with Gasteiger partial charge in [-0.2, -0.15) is 13.9 Å². The number of hydrogen-bond donors (Lipinski definition) is 8. The molecule has 9 amide bonds. The first-order valence-corrected chi connectivity index (χ1v) is 29.5. The second-order valence-electron chi connectivity index (χ2n) is 21.6. The Morgan fingerprint density at radius 3 is 2.31 bits per heavy atom. The maximum atomic E-state index is 15.1. The van der Waals surface area contributed by atoms with Crippen LogP contribution in [0.15, 0.2) is 116 Å². The number of unbranched alkanes of at least 4 members (excludes halogenated alkanes) is 1. The zero-order chi connectivity index (χ0) is 61.0. The molecule has 6 heterocycles. The van der Waals surface area contributed by atoms with Gasteiger partial charge in [0.2, 0.25) is 35.4 Å². The summed E-state index contributed by atoms with van der Waals surface area (Å²) in [5.74, 6) is 0.746. The molecular formula is C60H60F2N11O12P. The number of primary amides is 1. The van der Waals surface area contributed by atoms with Gasteiger partial charge in [0.05, 0.1) is 24.3 Å². The number of aryl methyl sites for hydroxylation is 1. The molecule has 0 spiro atoms. The second-order valence-corrected chi connectivity index (χ2v) is 23.2. The summed E-state index contributed by atoms with van der Waals surface area (Å²) in [7, 11) is -5.95. The lowest BCUT2D eigenvalue weighted by atomic mass is 9.98. The van der Waals surface area contributed by atoms with E-state index in [1.165, 1.54) is 27.1 Å². The summed E-state index contributed by atoms with van der Waals surface area (Å²) in [5, 5.41) is 15.1. The summed E-state index contributed by atoms with van der Waals surface area (Å²) in [6.45, 7) is 0.108. The van der Waals surface area contributed by atoms with Crippen LogP contribution in [-0.2, 0) is 52.1 Å². The lowest BCUT2D eigenvalue weighted by Crippen LogP contribution is -2.62. The Hall–Kier alpha value is -9.37. The number of piperidine rings is 1. The minimum absolute atomic E-state index is 0.0205. The van der Waals surface area contributed by atoms with Gasteiger partial charge in [0.25, 0.3) is 17.7 Å². The number of carbonyl (C=O) groups excluding carboxylic acids is 9. The van der Waals surface area contributed by atoms with Gasteiger partial charge in [-0.3, -0.25) is 57.7 Å². The average Bonchev–Trinajstić information content (AvgIpc) is 1.71. The molecule has 3 saturated heterocycles. The molecule has 5 unspecified atom stereocenters. The number of rotatable bonds is 18. The van der Waals surface area contributed by atoms with Crippen molar-refractivity contribution in [2.24, 2.45) is 5.73 Å². The standard InChI is InChI=1S/C60H60F2N11O12P/c61-60(62,86(83,84)85)40-18-20-44-38(29-40)30-46(65-44)54(77)67-47-34-70(57(80)39-31-64-71(32-39)27-9-3-8-11-35-16-10-17-42-43(35)33-72(58(42)81)48-23-25-51(75)68-55(48)78)28-26-41-19-22-49(73(41)59(47)82)56(79)66-45(21-24-50(63)74)53(76)69-52(36-12-4-1-5-13-36)37-14-6-2-7-15-37/h1-2,4-7,10,12-18,20,29-32,41,45,47-49,52,65H,3,9,19,21-28,33-34H2,(H2,63,74)(H,66,79)(H,67,77)(H,69,76)(H,68,75,78)(H2,83,84,85). The first-order chi connectivity index (χ1) is 41.1. The van der Waals surface area contributed by atoms with Crippen LogP contribution in [-0.4, -0.2) is 136 Å². The fraction of sp³-hybridized carbons (Fsp3) is 0.333. The SMILES string of the molecule is NC(=O)CCC(NC(=O)C1CCC2CCN(C(=O)c3cnn(CCCC#Cc4cccc5c4CN(C4CCC(=O)NC4=O)C5=O)c3)CC(NC(=O)c3cc4cc(C(F)(F)P(=O)(O)O)ccc4[nH]3)C(=O)N21)C(=O)NC(c1ccccc1)c1ccccc1. The molecule has 3 fully saturated rings. The zero-order valence-electron chi connectivity index (χ0n) is 46.1. The number of nitrogens with zero attached hydrogens (tertiary/aromatic N) is 5. The number of hydrogen-bond acceptors (Lipinski definition) is 11. The Bertz CT molecular complexity index is 3750. The number of nitrogens with two attached hydrogens (primary N) is 1. The molecule has 86 heavy (non-hydrogen) atoms. The van der Waals surface area contributed by atoms with Crippen LogP contribution in [0.5, 0.6) is 0 Å². The normalized spacial score (nSPS) is 19.2. The number of aromatic amines is 1. The molecule has 5 atom stereocenters. The first kappa shape index (κ1) is 59.8. The third-order valence-electron chi connectivity index (χ3n) is 15.9. The van der Waals surface area contributed by atoms with Gasteiger partial charge >= 0.3 is 13.3 Å². The topological polar surface area (TPSA) is 329 Å². The van der Waals surface area contributed by atoms with Crippen LogP contribution in [0.3, 0.4) is 0 Å². The van der Waals surface area contributed by atoms with Gasteiger partial charge in [0.1, 0.15) is 29.9 Å². The molecule has 10 rings (SSSR count). The van der Waals surface area contributed by atoms with E-state index in [9.17, 15) is 61.5 Å². The molecule has 2 aromatic heterocycles. The van der Waals surface area contributed by atoms with E-state index in [4.69, 9.17) is 5.73 Å². The van der Waals surface area contributed by atoms with Crippen molar-refractivity contribution in [3.63, 3.8) is 0 Å². The van der Waals surface area contributed by atoms with Crippen LogP contribution in [0.4, 0.5) is 8.78 Å². The van der Waals surface area contributed by atoms with Gasteiger partial charge in [0, 0.05) is 78.7 Å². The summed E-state index contributed by atoms with van der Waals surface area (Å²) in [5.41, 5.74) is 3.25. The van der Waals surface area contributed by atoms with E-state index in [0.717, 1.165) is 35.4 Å². The highest BCUT2D eigenvalue weighted by molar-refractivity contribution is 7.52. The van der Waals surface area contributed by atoms with Crippen molar-refractivity contribution >= 4 is 71.7 Å².